The average Bonchev–Trinajstić information content (AvgIpc) is 1.15. The Balaban J connectivity index is 0.000000108. The molecule has 0 unspecified atom stereocenters. The largest absolute Gasteiger partial charge is 0.455 e. The standard InChI is InChI=1S/C48H30S.C39H26O.C38H24O/c1-2-13-36-31(11-1)12-9-19-37(36)32-23-27-34(28-24-32)46-40-15-3-5-17-42(40)47(43-18-6-4-16-41(43)46)35-29-25-33(26-30-35)38-20-10-21-44-39-14-7-8-22-45(39)49-48(38)44;1-25-17-19-27(20-18-25)37-31-10-2-4-12-33(31)38(34-13-5-3-11-32(34)37)28-23-21-26(22-24-28)29-14-8-15-35-30-9-6-7-16-36(30)40-39(29)35;1-2-11-26(12-3-1)36-30-14-4-6-16-32(30)37(33-17-7-5-15-31(33)36)27-23-21-25(22-24-27)28-18-10-19-34-29-13-8-9-20-35(29)39-38(28)34/h1-30H;2-24H,1H3;1-24H. The van der Waals surface area contributed by atoms with Crippen LogP contribution in [-0.2, 0) is 0 Å². The normalized spacial score (nSPS) is 11.6. The van der Waals surface area contributed by atoms with Gasteiger partial charge in [0.05, 0.1) is 0 Å². The van der Waals surface area contributed by atoms with Crippen LogP contribution in [0.5, 0.6) is 0 Å². The van der Waals surface area contributed by atoms with E-state index >= 15 is 0 Å². The fourth-order valence-corrected chi connectivity index (χ4v) is 21.5. The molecular weight excluding hydrogens is 1570 g/mol. The lowest BCUT2D eigenvalue weighted by Crippen LogP contribution is -1.91. The molecule has 3 heteroatoms. The highest BCUT2D eigenvalue weighted by Gasteiger charge is 2.24. The molecule has 2 nitrogen and oxygen atoms in total. The third-order valence-electron chi connectivity index (χ3n) is 26.1. The highest BCUT2D eigenvalue weighted by molar-refractivity contribution is 7.26. The molecule has 0 aliphatic carbocycles. The van der Waals surface area contributed by atoms with Crippen LogP contribution in [0.2, 0.25) is 0 Å². The van der Waals surface area contributed by atoms with Crippen molar-refractivity contribution in [2.45, 2.75) is 6.92 Å². The average molecular weight is 1650 g/mol. The first-order valence-corrected chi connectivity index (χ1v) is 44.8. The molecule has 0 saturated carbocycles. The lowest BCUT2D eigenvalue weighted by Gasteiger charge is -2.18. The summed E-state index contributed by atoms with van der Waals surface area (Å²) in [5.41, 5.74) is 29.7. The van der Waals surface area contributed by atoms with Crippen LogP contribution >= 0.6 is 11.3 Å². The Morgan fingerprint density at radius 3 is 0.781 bits per heavy atom. The van der Waals surface area contributed by atoms with E-state index < -0.39 is 0 Å². The fourth-order valence-electron chi connectivity index (χ4n) is 20.2. The molecule has 598 valence electrons. The summed E-state index contributed by atoms with van der Waals surface area (Å²) in [4.78, 5) is 0. The predicted molar refractivity (Wildman–Crippen MR) is 548 cm³/mol. The first kappa shape index (κ1) is 75.4. The Kier molecular flexibility index (Phi) is 18.7. The van der Waals surface area contributed by atoms with Crippen LogP contribution in [-0.4, -0.2) is 0 Å². The maximum absolute atomic E-state index is 6.33. The number of para-hydroxylation sites is 4. The van der Waals surface area contributed by atoms with E-state index in [1.54, 1.807) is 0 Å². The maximum Gasteiger partial charge on any atom is 0.143 e. The first-order chi connectivity index (χ1) is 63.4. The smallest absolute Gasteiger partial charge is 0.143 e. The molecule has 26 aromatic rings. The van der Waals surface area contributed by atoms with Crippen molar-refractivity contribution in [2.75, 3.05) is 0 Å². The summed E-state index contributed by atoms with van der Waals surface area (Å²) in [5, 5.41) is 25.1. The number of rotatable bonds is 10. The Morgan fingerprint density at radius 1 is 0.156 bits per heavy atom. The van der Waals surface area contributed by atoms with Gasteiger partial charge in [0, 0.05) is 52.8 Å². The lowest BCUT2D eigenvalue weighted by molar-refractivity contribution is 0.669. The molecule has 26 rings (SSSR count). The van der Waals surface area contributed by atoms with E-state index in [1.807, 2.05) is 35.6 Å². The third-order valence-corrected chi connectivity index (χ3v) is 27.4. The van der Waals surface area contributed by atoms with E-state index in [4.69, 9.17) is 8.83 Å². The highest BCUT2D eigenvalue weighted by Crippen LogP contribution is 2.51. The molecule has 0 radical (unpaired) electrons. The molecule has 0 atom stereocenters. The number of aryl methyl sites for hydroxylation is 1. The molecule has 0 spiro atoms. The minimum absolute atomic E-state index is 0.924. The molecule has 0 saturated heterocycles. The van der Waals surface area contributed by atoms with Crippen LogP contribution in [0.25, 0.3) is 251 Å². The van der Waals surface area contributed by atoms with Gasteiger partial charge in [-0.3, -0.25) is 0 Å². The summed E-state index contributed by atoms with van der Waals surface area (Å²) in [6, 6.07) is 169. The molecule has 0 aliphatic heterocycles. The second-order valence-electron chi connectivity index (χ2n) is 33.4. The van der Waals surface area contributed by atoms with Crippen LogP contribution in [0.3, 0.4) is 0 Å². The summed E-state index contributed by atoms with van der Waals surface area (Å²) in [6.45, 7) is 2.14. The van der Waals surface area contributed by atoms with Crippen molar-refractivity contribution in [1.29, 1.82) is 0 Å². The Hall–Kier alpha value is -16.3. The van der Waals surface area contributed by atoms with Gasteiger partial charge in [-0.25, -0.2) is 0 Å². The molecule has 3 aromatic heterocycles. The zero-order valence-corrected chi connectivity index (χ0v) is 71.0. The van der Waals surface area contributed by atoms with Crippen molar-refractivity contribution in [1.82, 2.24) is 0 Å². The Labute approximate surface area is 745 Å². The number of hydrogen-bond donors (Lipinski definition) is 0. The van der Waals surface area contributed by atoms with E-state index in [-0.39, 0.29) is 0 Å². The number of benzene rings is 23. The van der Waals surface area contributed by atoms with E-state index in [2.05, 4.69) is 450 Å². The fraction of sp³-hybridized carbons (Fsp3) is 0.00800. The van der Waals surface area contributed by atoms with Crippen LogP contribution in [0, 0.1) is 6.92 Å². The Morgan fingerprint density at radius 2 is 0.398 bits per heavy atom. The van der Waals surface area contributed by atoms with E-state index in [1.165, 1.54) is 190 Å². The van der Waals surface area contributed by atoms with E-state index in [0.29, 0.717) is 0 Å². The summed E-state index contributed by atoms with van der Waals surface area (Å²) in [7, 11) is 0. The zero-order chi connectivity index (χ0) is 84.7. The van der Waals surface area contributed by atoms with Crippen molar-refractivity contribution < 1.29 is 8.83 Å². The van der Waals surface area contributed by atoms with Crippen molar-refractivity contribution in [3.63, 3.8) is 0 Å². The van der Waals surface area contributed by atoms with Crippen LogP contribution in [0.4, 0.5) is 0 Å². The molecule has 0 amide bonds. The molecular formula is C125H80O2S. The van der Waals surface area contributed by atoms with Crippen LogP contribution in [0.15, 0.2) is 476 Å². The minimum Gasteiger partial charge on any atom is -0.455 e. The van der Waals surface area contributed by atoms with Crippen molar-refractivity contribution in [2.24, 2.45) is 0 Å². The third kappa shape index (κ3) is 13.0. The number of thiophene rings is 1. The predicted octanol–water partition coefficient (Wildman–Crippen LogP) is 36.3. The van der Waals surface area contributed by atoms with Gasteiger partial charge in [0.1, 0.15) is 22.3 Å². The molecule has 0 bridgehead atoms. The minimum atomic E-state index is 0.924. The molecule has 0 fully saturated rings. The van der Waals surface area contributed by atoms with Gasteiger partial charge in [-0.1, -0.05) is 454 Å². The first-order valence-electron chi connectivity index (χ1n) is 44.0. The van der Waals surface area contributed by atoms with Crippen molar-refractivity contribution in [3.8, 4) is 111 Å². The van der Waals surface area contributed by atoms with Gasteiger partial charge < -0.3 is 8.83 Å². The van der Waals surface area contributed by atoms with Crippen molar-refractivity contribution in [3.05, 3.63) is 473 Å². The van der Waals surface area contributed by atoms with Crippen molar-refractivity contribution >= 4 is 151 Å². The van der Waals surface area contributed by atoms with Gasteiger partial charge in [0.25, 0.3) is 0 Å². The quantitative estimate of drug-likeness (QED) is 0.128. The number of hydrogen-bond acceptors (Lipinski definition) is 3. The summed E-state index contributed by atoms with van der Waals surface area (Å²) >= 11 is 1.89. The summed E-state index contributed by atoms with van der Waals surface area (Å²) in [5.74, 6) is 0. The summed E-state index contributed by atoms with van der Waals surface area (Å²) < 4.78 is 15.3. The number of fused-ring (bicyclic) bond motifs is 16. The molecule has 3 heterocycles. The summed E-state index contributed by atoms with van der Waals surface area (Å²) in [6.07, 6.45) is 0. The maximum atomic E-state index is 6.33. The van der Waals surface area contributed by atoms with Gasteiger partial charge in [-0.15, -0.1) is 11.3 Å². The van der Waals surface area contributed by atoms with Crippen LogP contribution in [0.1, 0.15) is 5.56 Å². The Bertz CT molecular complexity index is 8660. The van der Waals surface area contributed by atoms with Crippen LogP contribution < -0.4 is 0 Å². The molecule has 23 aromatic carbocycles. The molecule has 128 heavy (non-hydrogen) atoms. The zero-order valence-electron chi connectivity index (χ0n) is 70.2. The molecule has 0 aliphatic rings. The van der Waals surface area contributed by atoms with Gasteiger partial charge in [0.2, 0.25) is 0 Å². The number of furan rings is 2. The van der Waals surface area contributed by atoms with Gasteiger partial charge in [0.15, 0.2) is 0 Å². The van der Waals surface area contributed by atoms with Gasteiger partial charge in [-0.05, 0) is 201 Å². The van der Waals surface area contributed by atoms with Gasteiger partial charge >= 0.3 is 0 Å². The van der Waals surface area contributed by atoms with E-state index in [9.17, 15) is 0 Å². The SMILES string of the molecule is Cc1ccc(-c2c3ccccc3c(-c3ccc(-c4cccc5c4oc4ccccc45)cc3)c3ccccc23)cc1.c1ccc(-c2c3ccccc3c(-c3ccc(-c4cccc5c4oc4ccccc45)cc3)c3ccccc23)cc1.c1ccc2c(-c3ccc(-c4c5ccccc5c(-c5ccc(-c6cccc7c6sc6ccccc67)cc5)c5ccccc45)cc3)cccc2c1. The second kappa shape index (κ2) is 31.8. The monoisotopic (exact) mass is 1640 g/mol. The topological polar surface area (TPSA) is 26.3 Å². The van der Waals surface area contributed by atoms with E-state index in [0.717, 1.165) is 66.1 Å². The molecule has 0 N–H and O–H groups in total. The second-order valence-corrected chi connectivity index (χ2v) is 34.5. The van der Waals surface area contributed by atoms with Gasteiger partial charge in [-0.2, -0.15) is 0 Å². The highest BCUT2D eigenvalue weighted by atomic mass is 32.1. The lowest BCUT2D eigenvalue weighted by atomic mass is 9.85.